The molecule has 0 N–H and O–H groups in total. The number of ether oxygens (including phenoxy) is 2. The van der Waals surface area contributed by atoms with Crippen molar-refractivity contribution in [1.82, 2.24) is 0 Å². The lowest BCUT2D eigenvalue weighted by Gasteiger charge is -2.05. The molecule has 0 bridgehead atoms. The molecule has 0 radical (unpaired) electrons. The third-order valence-corrected chi connectivity index (χ3v) is 4.43. The summed E-state index contributed by atoms with van der Waals surface area (Å²) in [6.45, 7) is 0. The summed E-state index contributed by atoms with van der Waals surface area (Å²) in [6, 6.07) is 17.0. The summed E-state index contributed by atoms with van der Waals surface area (Å²) in [5.74, 6) is 3.45. The van der Waals surface area contributed by atoms with Crippen LogP contribution in [0.4, 0.5) is 0 Å². The Morgan fingerprint density at radius 2 is 1.43 bits per heavy atom. The van der Waals surface area contributed by atoms with E-state index in [1.165, 1.54) is 24.0 Å². The fraction of sp³-hybridized carbons (Fsp3) is 0.368. The number of hydrogen-bond acceptors (Lipinski definition) is 2. The molecule has 2 nitrogen and oxygen atoms in total. The Balaban J connectivity index is 1.51. The summed E-state index contributed by atoms with van der Waals surface area (Å²) in [6.07, 6.45) is 3.74. The summed E-state index contributed by atoms with van der Waals surface area (Å²) < 4.78 is 10.4. The maximum atomic E-state index is 5.21. The summed E-state index contributed by atoms with van der Waals surface area (Å²) in [5, 5.41) is 0. The van der Waals surface area contributed by atoms with Gasteiger partial charge in [-0.05, 0) is 66.5 Å². The zero-order chi connectivity index (χ0) is 14.7. The molecule has 2 heteroatoms. The lowest BCUT2D eigenvalue weighted by molar-refractivity contribution is 0.414. The molecule has 1 aliphatic carbocycles. The molecule has 0 aliphatic heterocycles. The van der Waals surface area contributed by atoms with Crippen LogP contribution in [0.1, 0.15) is 29.9 Å². The largest absolute Gasteiger partial charge is 0.497 e. The Kier molecular flexibility index (Phi) is 4.14. The average molecular weight is 282 g/mol. The maximum Gasteiger partial charge on any atom is 0.118 e. The monoisotopic (exact) mass is 282 g/mol. The summed E-state index contributed by atoms with van der Waals surface area (Å²) >= 11 is 0. The first-order valence-corrected chi connectivity index (χ1v) is 7.57. The van der Waals surface area contributed by atoms with E-state index in [1.807, 2.05) is 12.1 Å². The molecule has 2 aromatic rings. The molecule has 2 atom stereocenters. The lowest BCUT2D eigenvalue weighted by atomic mass is 10.0. The maximum absolute atomic E-state index is 5.21. The lowest BCUT2D eigenvalue weighted by Crippen LogP contribution is -1.90. The van der Waals surface area contributed by atoms with E-state index in [-0.39, 0.29) is 0 Å². The molecule has 0 heterocycles. The molecule has 1 fully saturated rings. The Morgan fingerprint density at radius 3 is 2.00 bits per heavy atom. The second-order valence-corrected chi connectivity index (χ2v) is 5.76. The van der Waals surface area contributed by atoms with Gasteiger partial charge in [-0.1, -0.05) is 24.3 Å². The van der Waals surface area contributed by atoms with E-state index in [2.05, 4.69) is 36.4 Å². The molecule has 1 aliphatic rings. The molecule has 2 aromatic carbocycles. The van der Waals surface area contributed by atoms with Crippen LogP contribution in [0.3, 0.4) is 0 Å². The van der Waals surface area contributed by atoms with Crippen molar-refractivity contribution in [3.8, 4) is 11.5 Å². The van der Waals surface area contributed by atoms with Crippen LogP contribution < -0.4 is 9.47 Å². The molecule has 0 amide bonds. The highest BCUT2D eigenvalue weighted by Gasteiger charge is 2.37. The van der Waals surface area contributed by atoms with E-state index in [0.717, 1.165) is 29.8 Å². The standard InChI is InChI=1S/C19H22O2/c1-20-17-9-4-14(5-10-17)3-6-16-13-19(16)15-7-11-18(21-2)12-8-15/h4-5,7-12,16,19H,3,6,13H2,1-2H3. The third kappa shape index (κ3) is 3.38. The van der Waals surface area contributed by atoms with Gasteiger partial charge in [-0.15, -0.1) is 0 Å². The zero-order valence-corrected chi connectivity index (χ0v) is 12.7. The van der Waals surface area contributed by atoms with E-state index in [4.69, 9.17) is 9.47 Å². The first kappa shape index (κ1) is 14.0. The van der Waals surface area contributed by atoms with Crippen molar-refractivity contribution in [3.63, 3.8) is 0 Å². The molecule has 0 saturated heterocycles. The van der Waals surface area contributed by atoms with Crippen molar-refractivity contribution in [2.45, 2.75) is 25.2 Å². The molecule has 0 aromatic heterocycles. The molecule has 110 valence electrons. The Morgan fingerprint density at radius 1 is 0.857 bits per heavy atom. The topological polar surface area (TPSA) is 18.5 Å². The highest BCUT2D eigenvalue weighted by molar-refractivity contribution is 5.33. The third-order valence-electron chi connectivity index (χ3n) is 4.43. The van der Waals surface area contributed by atoms with Gasteiger partial charge in [-0.25, -0.2) is 0 Å². The van der Waals surface area contributed by atoms with Gasteiger partial charge < -0.3 is 9.47 Å². The van der Waals surface area contributed by atoms with Crippen molar-refractivity contribution < 1.29 is 9.47 Å². The number of hydrogen-bond donors (Lipinski definition) is 0. The van der Waals surface area contributed by atoms with Gasteiger partial charge in [0.2, 0.25) is 0 Å². The van der Waals surface area contributed by atoms with Crippen LogP contribution in [-0.4, -0.2) is 14.2 Å². The minimum Gasteiger partial charge on any atom is -0.497 e. The second kappa shape index (κ2) is 6.21. The Hall–Kier alpha value is -1.96. The number of rotatable bonds is 6. The number of methoxy groups -OCH3 is 2. The minimum atomic E-state index is 0.745. The highest BCUT2D eigenvalue weighted by Crippen LogP contribution is 2.50. The Bertz CT molecular complexity index is 572. The van der Waals surface area contributed by atoms with Gasteiger partial charge in [0.05, 0.1) is 14.2 Å². The number of benzene rings is 2. The molecule has 1 saturated carbocycles. The highest BCUT2D eigenvalue weighted by atomic mass is 16.5. The first-order valence-electron chi connectivity index (χ1n) is 7.57. The first-order chi connectivity index (χ1) is 10.3. The predicted molar refractivity (Wildman–Crippen MR) is 85.2 cm³/mol. The van der Waals surface area contributed by atoms with Crippen LogP contribution in [-0.2, 0) is 6.42 Å². The van der Waals surface area contributed by atoms with Gasteiger partial charge in [-0.2, -0.15) is 0 Å². The summed E-state index contributed by atoms with van der Waals surface area (Å²) in [4.78, 5) is 0. The van der Waals surface area contributed by atoms with E-state index < -0.39 is 0 Å². The summed E-state index contributed by atoms with van der Waals surface area (Å²) in [5.41, 5.74) is 2.85. The molecular weight excluding hydrogens is 260 g/mol. The van der Waals surface area contributed by atoms with Crippen LogP contribution in [0.25, 0.3) is 0 Å². The van der Waals surface area contributed by atoms with Gasteiger partial charge in [0.25, 0.3) is 0 Å². The minimum absolute atomic E-state index is 0.745. The molecule has 0 spiro atoms. The molecule has 2 unspecified atom stereocenters. The van der Waals surface area contributed by atoms with Crippen LogP contribution >= 0.6 is 0 Å². The Labute approximate surface area is 126 Å². The number of aryl methyl sites for hydroxylation is 1. The fourth-order valence-electron chi connectivity index (χ4n) is 2.97. The van der Waals surface area contributed by atoms with Crippen LogP contribution in [0, 0.1) is 5.92 Å². The predicted octanol–water partition coefficient (Wildman–Crippen LogP) is 4.44. The van der Waals surface area contributed by atoms with Gasteiger partial charge >= 0.3 is 0 Å². The molecule has 3 rings (SSSR count). The van der Waals surface area contributed by atoms with E-state index in [9.17, 15) is 0 Å². The van der Waals surface area contributed by atoms with Crippen LogP contribution in [0.5, 0.6) is 11.5 Å². The smallest absolute Gasteiger partial charge is 0.118 e. The van der Waals surface area contributed by atoms with Crippen LogP contribution in [0.15, 0.2) is 48.5 Å². The normalized spacial score (nSPS) is 20.1. The fourth-order valence-corrected chi connectivity index (χ4v) is 2.97. The average Bonchev–Trinajstić information content (AvgIpc) is 3.33. The van der Waals surface area contributed by atoms with Crippen molar-refractivity contribution in [2.24, 2.45) is 5.92 Å². The van der Waals surface area contributed by atoms with E-state index >= 15 is 0 Å². The second-order valence-electron chi connectivity index (χ2n) is 5.76. The zero-order valence-electron chi connectivity index (χ0n) is 12.7. The van der Waals surface area contributed by atoms with Gasteiger partial charge in [0, 0.05) is 0 Å². The quantitative estimate of drug-likeness (QED) is 0.780. The van der Waals surface area contributed by atoms with Crippen molar-refractivity contribution in [2.75, 3.05) is 14.2 Å². The van der Waals surface area contributed by atoms with Crippen molar-refractivity contribution in [1.29, 1.82) is 0 Å². The van der Waals surface area contributed by atoms with E-state index in [1.54, 1.807) is 14.2 Å². The van der Waals surface area contributed by atoms with Gasteiger partial charge in [0.15, 0.2) is 0 Å². The van der Waals surface area contributed by atoms with E-state index in [0.29, 0.717) is 0 Å². The summed E-state index contributed by atoms with van der Waals surface area (Å²) in [7, 11) is 3.42. The van der Waals surface area contributed by atoms with Crippen molar-refractivity contribution >= 4 is 0 Å². The molecule has 21 heavy (non-hydrogen) atoms. The van der Waals surface area contributed by atoms with Gasteiger partial charge in [0.1, 0.15) is 11.5 Å². The van der Waals surface area contributed by atoms with Gasteiger partial charge in [-0.3, -0.25) is 0 Å². The molecular formula is C19H22O2. The SMILES string of the molecule is COc1ccc(CCC2CC2c2ccc(OC)cc2)cc1. The van der Waals surface area contributed by atoms with Crippen LogP contribution in [0.2, 0.25) is 0 Å². The van der Waals surface area contributed by atoms with Crippen molar-refractivity contribution in [3.05, 3.63) is 59.7 Å².